The maximum Gasteiger partial charge on any atom is 0.308 e. The summed E-state index contributed by atoms with van der Waals surface area (Å²) in [5.41, 5.74) is -0.0207. The van der Waals surface area contributed by atoms with Crippen LogP contribution in [-0.2, 0) is 9.59 Å². The number of hydrogen-bond acceptors (Lipinski definition) is 2. The molecule has 1 saturated carbocycles. The van der Waals surface area contributed by atoms with E-state index in [0.717, 1.165) is 0 Å². The molecule has 1 heterocycles. The quantitative estimate of drug-likeness (QED) is 0.932. The number of amides is 1. The Morgan fingerprint density at radius 1 is 1.23 bits per heavy atom. The van der Waals surface area contributed by atoms with Gasteiger partial charge in [-0.2, -0.15) is 0 Å². The number of aliphatic carboxylic acids is 1. The number of nitrogens with zero attached hydrogens (tertiary/aromatic N) is 1. The molecule has 1 N–H and O–H groups in total. The number of carbonyl (C=O) groups is 2. The number of likely N-dealkylation sites (tertiary alicyclic amines) is 1. The Balaban J connectivity index is 1.69. The van der Waals surface area contributed by atoms with Crippen molar-refractivity contribution in [2.24, 2.45) is 11.8 Å². The van der Waals surface area contributed by atoms with Crippen LogP contribution in [0.4, 0.5) is 8.78 Å². The highest BCUT2D eigenvalue weighted by atomic mass is 19.1. The lowest BCUT2D eigenvalue weighted by Gasteiger charge is -2.31. The summed E-state index contributed by atoms with van der Waals surface area (Å²) in [4.78, 5) is 25.0. The van der Waals surface area contributed by atoms with Crippen LogP contribution in [0.25, 0.3) is 0 Å². The molecule has 22 heavy (non-hydrogen) atoms. The molecule has 2 aliphatic rings. The molecule has 4 nitrogen and oxygen atoms in total. The molecule has 1 aliphatic carbocycles. The van der Waals surface area contributed by atoms with Gasteiger partial charge in [-0.3, -0.25) is 9.59 Å². The van der Waals surface area contributed by atoms with Gasteiger partial charge in [-0.05, 0) is 31.4 Å². The van der Waals surface area contributed by atoms with E-state index >= 15 is 0 Å². The van der Waals surface area contributed by atoms with Gasteiger partial charge in [0, 0.05) is 30.5 Å². The van der Waals surface area contributed by atoms with E-state index in [4.69, 9.17) is 5.11 Å². The third kappa shape index (κ3) is 2.69. The number of hydrogen-bond donors (Lipinski definition) is 1. The summed E-state index contributed by atoms with van der Waals surface area (Å²) < 4.78 is 27.5. The molecule has 1 saturated heterocycles. The molecule has 6 heteroatoms. The van der Waals surface area contributed by atoms with Crippen LogP contribution in [0.5, 0.6) is 0 Å². The third-order valence-corrected chi connectivity index (χ3v) is 4.56. The van der Waals surface area contributed by atoms with Crippen LogP contribution in [0.3, 0.4) is 0 Å². The van der Waals surface area contributed by atoms with Crippen molar-refractivity contribution in [2.75, 3.05) is 13.1 Å². The molecule has 1 amide bonds. The van der Waals surface area contributed by atoms with Gasteiger partial charge in [-0.15, -0.1) is 0 Å². The molecular weight excluding hydrogens is 292 g/mol. The first-order chi connectivity index (χ1) is 10.5. The summed E-state index contributed by atoms with van der Waals surface area (Å²) in [6.45, 7) is 0.711. The number of piperidine rings is 1. The van der Waals surface area contributed by atoms with Crippen LogP contribution in [-0.4, -0.2) is 35.0 Å². The van der Waals surface area contributed by atoms with Crippen molar-refractivity contribution < 1.29 is 23.5 Å². The summed E-state index contributed by atoms with van der Waals surface area (Å²) >= 11 is 0. The molecule has 0 radical (unpaired) electrons. The Bertz CT molecular complexity index is 599. The van der Waals surface area contributed by atoms with E-state index in [-0.39, 0.29) is 18.0 Å². The van der Waals surface area contributed by atoms with E-state index in [1.807, 2.05) is 0 Å². The number of rotatable bonds is 3. The van der Waals surface area contributed by atoms with Crippen molar-refractivity contribution in [3.8, 4) is 0 Å². The Hall–Kier alpha value is -1.98. The summed E-state index contributed by atoms with van der Waals surface area (Å²) in [6, 6.07) is 3.69. The first-order valence-corrected chi connectivity index (χ1v) is 7.44. The van der Waals surface area contributed by atoms with Crippen LogP contribution < -0.4 is 0 Å². The highest BCUT2D eigenvalue weighted by molar-refractivity contribution is 5.84. The second-order valence-electron chi connectivity index (χ2n) is 6.05. The average molecular weight is 309 g/mol. The van der Waals surface area contributed by atoms with Gasteiger partial charge in [0.15, 0.2) is 0 Å². The lowest BCUT2D eigenvalue weighted by molar-refractivity contribution is -0.146. The SMILES string of the molecule is O=C(O)[C@@H]1CCCN(C(=O)[C@H]2C[C@H]2c2c(F)cccc2F)C1. The summed E-state index contributed by atoms with van der Waals surface area (Å²) in [5, 5.41) is 9.06. The smallest absolute Gasteiger partial charge is 0.308 e. The maximum atomic E-state index is 13.7. The normalized spacial score (nSPS) is 27.5. The fourth-order valence-corrected chi connectivity index (χ4v) is 3.27. The molecular formula is C16H17F2NO3. The highest BCUT2D eigenvalue weighted by Gasteiger charge is 2.48. The fourth-order valence-electron chi connectivity index (χ4n) is 3.27. The molecule has 0 unspecified atom stereocenters. The lowest BCUT2D eigenvalue weighted by atomic mass is 9.97. The minimum atomic E-state index is -0.898. The summed E-state index contributed by atoms with van der Waals surface area (Å²) in [5.74, 6) is -3.73. The van der Waals surface area contributed by atoms with E-state index in [1.165, 1.54) is 23.1 Å². The first-order valence-electron chi connectivity index (χ1n) is 7.44. The monoisotopic (exact) mass is 309 g/mol. The number of carboxylic acids is 1. The second-order valence-corrected chi connectivity index (χ2v) is 6.05. The van der Waals surface area contributed by atoms with Gasteiger partial charge in [0.1, 0.15) is 11.6 Å². The van der Waals surface area contributed by atoms with E-state index < -0.39 is 35.4 Å². The molecule has 0 spiro atoms. The predicted octanol–water partition coefficient (Wildman–Crippen LogP) is 2.39. The van der Waals surface area contributed by atoms with Gasteiger partial charge >= 0.3 is 5.97 Å². The number of carboxylic acid groups (broad SMARTS) is 1. The summed E-state index contributed by atoms with van der Waals surface area (Å²) in [7, 11) is 0. The average Bonchev–Trinajstić information content (AvgIpc) is 3.26. The minimum Gasteiger partial charge on any atom is -0.481 e. The number of benzene rings is 1. The Morgan fingerprint density at radius 3 is 2.55 bits per heavy atom. The standard InChI is InChI=1S/C16H17F2NO3/c17-12-4-1-5-13(18)14(12)10-7-11(10)15(20)19-6-2-3-9(8-19)16(21)22/h1,4-5,9-11H,2-3,6-8H2,(H,21,22)/t9-,10-,11+/m1/s1. The summed E-state index contributed by atoms with van der Waals surface area (Å²) in [6.07, 6.45) is 1.63. The van der Waals surface area contributed by atoms with Crippen molar-refractivity contribution in [1.82, 2.24) is 4.90 Å². The Kier molecular flexibility index (Phi) is 3.85. The number of halogens is 2. The largest absolute Gasteiger partial charge is 0.481 e. The zero-order valence-corrected chi connectivity index (χ0v) is 12.0. The topological polar surface area (TPSA) is 57.6 Å². The van der Waals surface area contributed by atoms with Crippen LogP contribution in [0.1, 0.15) is 30.7 Å². The van der Waals surface area contributed by atoms with Gasteiger partial charge in [0.25, 0.3) is 0 Å². The van der Waals surface area contributed by atoms with Gasteiger partial charge in [0.05, 0.1) is 5.92 Å². The molecule has 118 valence electrons. The van der Waals surface area contributed by atoms with Crippen LogP contribution >= 0.6 is 0 Å². The van der Waals surface area contributed by atoms with Crippen LogP contribution in [0.2, 0.25) is 0 Å². The molecule has 1 aromatic rings. The minimum absolute atomic E-state index is 0.0207. The van der Waals surface area contributed by atoms with E-state index in [2.05, 4.69) is 0 Å². The van der Waals surface area contributed by atoms with E-state index in [0.29, 0.717) is 25.8 Å². The van der Waals surface area contributed by atoms with E-state index in [1.54, 1.807) is 0 Å². The molecule has 3 rings (SSSR count). The van der Waals surface area contributed by atoms with Gasteiger partial charge in [-0.25, -0.2) is 8.78 Å². The van der Waals surface area contributed by atoms with Gasteiger partial charge < -0.3 is 10.0 Å². The van der Waals surface area contributed by atoms with Crippen LogP contribution in [0.15, 0.2) is 18.2 Å². The van der Waals surface area contributed by atoms with Gasteiger partial charge in [0.2, 0.25) is 5.91 Å². The molecule has 1 aliphatic heterocycles. The zero-order chi connectivity index (χ0) is 15.9. The van der Waals surface area contributed by atoms with Crippen molar-refractivity contribution in [2.45, 2.75) is 25.2 Å². The Labute approximate surface area is 126 Å². The van der Waals surface area contributed by atoms with Crippen LogP contribution in [0, 0.1) is 23.5 Å². The molecule has 3 atom stereocenters. The van der Waals surface area contributed by atoms with E-state index in [9.17, 15) is 18.4 Å². The predicted molar refractivity (Wildman–Crippen MR) is 74.1 cm³/mol. The van der Waals surface area contributed by atoms with Crippen molar-refractivity contribution >= 4 is 11.9 Å². The first kappa shape index (κ1) is 14.9. The van der Waals surface area contributed by atoms with Crippen molar-refractivity contribution in [3.05, 3.63) is 35.4 Å². The maximum absolute atomic E-state index is 13.7. The molecule has 2 fully saturated rings. The van der Waals surface area contributed by atoms with Gasteiger partial charge in [-0.1, -0.05) is 6.07 Å². The number of carbonyl (C=O) groups excluding carboxylic acids is 1. The van der Waals surface area contributed by atoms with Crippen molar-refractivity contribution in [1.29, 1.82) is 0 Å². The van der Waals surface area contributed by atoms with Crippen molar-refractivity contribution in [3.63, 3.8) is 0 Å². The molecule has 0 aromatic heterocycles. The second kappa shape index (κ2) is 5.66. The lowest BCUT2D eigenvalue weighted by Crippen LogP contribution is -2.43. The molecule has 0 bridgehead atoms. The fraction of sp³-hybridized carbons (Fsp3) is 0.500. The Morgan fingerprint density at radius 2 is 1.91 bits per heavy atom. The highest BCUT2D eigenvalue weighted by Crippen LogP contribution is 2.50. The third-order valence-electron chi connectivity index (χ3n) is 4.56. The zero-order valence-electron chi connectivity index (χ0n) is 12.0. The molecule has 1 aromatic carbocycles.